The normalized spacial score (nSPS) is 11.1. The molecule has 1 amide bonds. The molecule has 0 aliphatic rings. The fourth-order valence-corrected chi connectivity index (χ4v) is 3.04. The number of carbonyl (C=O) groups is 1. The van der Waals surface area contributed by atoms with Crippen LogP contribution in [-0.4, -0.2) is 23.9 Å². The monoisotopic (exact) mass is 364 g/mol. The Bertz CT molecular complexity index is 990. The number of carbonyl (C=O) groups excluding carboxylic acids is 1. The molecular formula is C22H24N2O3. The Balaban J connectivity index is 1.71. The van der Waals surface area contributed by atoms with Crippen molar-refractivity contribution in [1.82, 2.24) is 10.2 Å². The molecule has 1 aromatic heterocycles. The molecule has 0 saturated heterocycles. The lowest BCUT2D eigenvalue weighted by atomic mass is 10.1. The summed E-state index contributed by atoms with van der Waals surface area (Å²) >= 11 is 0. The quantitative estimate of drug-likeness (QED) is 0.651. The standard InChI is InChI=1S/C22H24N2O3/c1-3-24(4-2)15-17-9-7-8-16(12-17)14-23-21(25)19-13-18-10-5-6-11-20(18)27-22(19)26/h5-13H,3-4,14-15H2,1-2H3,(H,23,25). The van der Waals surface area contributed by atoms with Crippen LogP contribution in [-0.2, 0) is 13.1 Å². The van der Waals surface area contributed by atoms with Gasteiger partial charge in [0.25, 0.3) is 5.91 Å². The Labute approximate surface area is 158 Å². The van der Waals surface area contributed by atoms with Crippen LogP contribution < -0.4 is 10.9 Å². The third kappa shape index (κ3) is 4.63. The maximum absolute atomic E-state index is 12.5. The lowest BCUT2D eigenvalue weighted by Gasteiger charge is -2.18. The molecule has 0 atom stereocenters. The van der Waals surface area contributed by atoms with Gasteiger partial charge in [0.2, 0.25) is 0 Å². The number of hydrogen-bond acceptors (Lipinski definition) is 4. The van der Waals surface area contributed by atoms with Gasteiger partial charge in [0.15, 0.2) is 0 Å². The summed E-state index contributed by atoms with van der Waals surface area (Å²) in [5.41, 5.74) is 2.08. The average molecular weight is 364 g/mol. The molecule has 3 rings (SSSR count). The molecule has 0 unspecified atom stereocenters. The van der Waals surface area contributed by atoms with Gasteiger partial charge in [-0.2, -0.15) is 0 Å². The van der Waals surface area contributed by atoms with E-state index in [1.807, 2.05) is 24.3 Å². The summed E-state index contributed by atoms with van der Waals surface area (Å²) in [6, 6.07) is 16.9. The van der Waals surface area contributed by atoms with Gasteiger partial charge in [-0.1, -0.05) is 56.3 Å². The minimum absolute atomic E-state index is 0.0213. The van der Waals surface area contributed by atoms with Crippen LogP contribution in [0.1, 0.15) is 35.3 Å². The van der Waals surface area contributed by atoms with Crippen molar-refractivity contribution < 1.29 is 9.21 Å². The Morgan fingerprint density at radius 3 is 2.52 bits per heavy atom. The van der Waals surface area contributed by atoms with Gasteiger partial charge in [0, 0.05) is 18.5 Å². The van der Waals surface area contributed by atoms with Gasteiger partial charge in [0.05, 0.1) is 0 Å². The maximum atomic E-state index is 12.5. The van der Waals surface area contributed by atoms with Crippen molar-refractivity contribution in [1.29, 1.82) is 0 Å². The van der Waals surface area contributed by atoms with Crippen LogP contribution in [0.5, 0.6) is 0 Å². The molecule has 27 heavy (non-hydrogen) atoms. The molecule has 2 aromatic carbocycles. The topological polar surface area (TPSA) is 62.6 Å². The van der Waals surface area contributed by atoms with E-state index in [1.54, 1.807) is 18.2 Å². The Morgan fingerprint density at radius 1 is 1.00 bits per heavy atom. The van der Waals surface area contributed by atoms with E-state index >= 15 is 0 Å². The molecule has 1 heterocycles. The molecule has 0 saturated carbocycles. The largest absolute Gasteiger partial charge is 0.422 e. The molecule has 0 bridgehead atoms. The predicted octanol–water partition coefficient (Wildman–Crippen LogP) is 3.56. The van der Waals surface area contributed by atoms with Crippen LogP contribution in [0.3, 0.4) is 0 Å². The van der Waals surface area contributed by atoms with Crippen molar-refractivity contribution in [3.63, 3.8) is 0 Å². The number of rotatable bonds is 7. The zero-order valence-corrected chi connectivity index (χ0v) is 15.7. The van der Waals surface area contributed by atoms with E-state index in [1.165, 1.54) is 5.56 Å². The van der Waals surface area contributed by atoms with Gasteiger partial charge in [0.1, 0.15) is 11.1 Å². The molecule has 0 fully saturated rings. The Kier molecular flexibility index (Phi) is 6.04. The summed E-state index contributed by atoms with van der Waals surface area (Å²) in [4.78, 5) is 26.9. The van der Waals surface area contributed by atoms with Crippen LogP contribution in [0.15, 0.2) is 63.8 Å². The van der Waals surface area contributed by atoms with Crippen LogP contribution in [0.2, 0.25) is 0 Å². The third-order valence-electron chi connectivity index (χ3n) is 4.63. The number of benzene rings is 2. The first-order valence-corrected chi connectivity index (χ1v) is 9.22. The van der Waals surface area contributed by atoms with Crippen molar-refractivity contribution >= 4 is 16.9 Å². The second-order valence-electron chi connectivity index (χ2n) is 6.45. The van der Waals surface area contributed by atoms with Crippen molar-refractivity contribution in [2.75, 3.05) is 13.1 Å². The lowest BCUT2D eigenvalue weighted by molar-refractivity contribution is 0.0947. The van der Waals surface area contributed by atoms with Crippen molar-refractivity contribution in [2.24, 2.45) is 0 Å². The van der Waals surface area contributed by atoms with Crippen LogP contribution in [0.4, 0.5) is 0 Å². The molecule has 0 aliphatic carbocycles. The van der Waals surface area contributed by atoms with Crippen molar-refractivity contribution in [2.45, 2.75) is 26.9 Å². The second kappa shape index (κ2) is 8.64. The number of nitrogens with one attached hydrogen (secondary N) is 1. The SMILES string of the molecule is CCN(CC)Cc1cccc(CNC(=O)c2cc3ccccc3oc2=O)c1. The highest BCUT2D eigenvalue weighted by atomic mass is 16.4. The van der Waals surface area contributed by atoms with Gasteiger partial charge in [-0.15, -0.1) is 0 Å². The summed E-state index contributed by atoms with van der Waals surface area (Å²) in [5, 5.41) is 3.54. The van der Waals surface area contributed by atoms with Crippen molar-refractivity contribution in [3.8, 4) is 0 Å². The highest BCUT2D eigenvalue weighted by molar-refractivity contribution is 5.96. The number of para-hydroxylation sites is 1. The van der Waals surface area contributed by atoms with Gasteiger partial charge >= 0.3 is 5.63 Å². The van der Waals surface area contributed by atoms with Crippen LogP contribution in [0, 0.1) is 0 Å². The minimum Gasteiger partial charge on any atom is -0.422 e. The van der Waals surface area contributed by atoms with E-state index in [2.05, 4.69) is 36.2 Å². The van der Waals surface area contributed by atoms with Crippen LogP contribution >= 0.6 is 0 Å². The molecule has 3 aromatic rings. The highest BCUT2D eigenvalue weighted by Gasteiger charge is 2.13. The summed E-state index contributed by atoms with van der Waals surface area (Å²) < 4.78 is 5.23. The summed E-state index contributed by atoms with van der Waals surface area (Å²) in [7, 11) is 0. The fourth-order valence-electron chi connectivity index (χ4n) is 3.04. The van der Waals surface area contributed by atoms with Gasteiger partial charge in [-0.3, -0.25) is 9.69 Å². The molecule has 0 aliphatic heterocycles. The summed E-state index contributed by atoms with van der Waals surface area (Å²) in [6.45, 7) is 7.51. The Hall–Kier alpha value is -2.92. The molecular weight excluding hydrogens is 340 g/mol. The second-order valence-corrected chi connectivity index (χ2v) is 6.45. The average Bonchev–Trinajstić information content (AvgIpc) is 2.70. The van der Waals surface area contributed by atoms with E-state index in [-0.39, 0.29) is 5.56 Å². The zero-order chi connectivity index (χ0) is 19.2. The molecule has 5 nitrogen and oxygen atoms in total. The molecule has 0 spiro atoms. The summed E-state index contributed by atoms with van der Waals surface area (Å²) in [6.07, 6.45) is 0. The molecule has 1 N–H and O–H groups in total. The van der Waals surface area contributed by atoms with Gasteiger partial charge < -0.3 is 9.73 Å². The van der Waals surface area contributed by atoms with E-state index in [0.717, 1.165) is 30.6 Å². The third-order valence-corrected chi connectivity index (χ3v) is 4.63. The first-order chi connectivity index (χ1) is 13.1. The zero-order valence-electron chi connectivity index (χ0n) is 15.7. The van der Waals surface area contributed by atoms with E-state index < -0.39 is 11.5 Å². The molecule has 5 heteroatoms. The molecule has 0 radical (unpaired) electrons. The lowest BCUT2D eigenvalue weighted by Crippen LogP contribution is -2.28. The van der Waals surface area contributed by atoms with E-state index in [0.29, 0.717) is 12.1 Å². The summed E-state index contributed by atoms with van der Waals surface area (Å²) in [5.74, 6) is -0.427. The van der Waals surface area contributed by atoms with Crippen LogP contribution in [0.25, 0.3) is 11.0 Å². The molecule has 140 valence electrons. The van der Waals surface area contributed by atoms with Gasteiger partial charge in [-0.25, -0.2) is 4.79 Å². The predicted molar refractivity (Wildman–Crippen MR) is 107 cm³/mol. The number of fused-ring (bicyclic) bond motifs is 1. The Morgan fingerprint density at radius 2 is 1.74 bits per heavy atom. The smallest absolute Gasteiger partial charge is 0.349 e. The van der Waals surface area contributed by atoms with E-state index in [4.69, 9.17) is 4.42 Å². The maximum Gasteiger partial charge on any atom is 0.349 e. The first kappa shape index (κ1) is 18.9. The van der Waals surface area contributed by atoms with Gasteiger partial charge in [-0.05, 0) is 36.3 Å². The first-order valence-electron chi connectivity index (χ1n) is 9.22. The fraction of sp³-hybridized carbons (Fsp3) is 0.273. The number of nitrogens with zero attached hydrogens (tertiary/aromatic N) is 1. The minimum atomic E-state index is -0.624. The number of amides is 1. The number of hydrogen-bond donors (Lipinski definition) is 1. The van der Waals surface area contributed by atoms with Crippen molar-refractivity contribution in [3.05, 3.63) is 81.7 Å². The highest BCUT2D eigenvalue weighted by Crippen LogP contribution is 2.13. The van der Waals surface area contributed by atoms with E-state index in [9.17, 15) is 9.59 Å².